The molecule has 1 heterocycles. The summed E-state index contributed by atoms with van der Waals surface area (Å²) in [4.78, 5) is 27.9. The number of carbonyl (C=O) groups is 2. The number of hydrogen-bond donors (Lipinski definition) is 2. The molecular formula is C23H25F3N2O4. The van der Waals surface area contributed by atoms with Crippen molar-refractivity contribution in [3.8, 4) is 5.75 Å². The summed E-state index contributed by atoms with van der Waals surface area (Å²) in [7, 11) is 0. The first-order valence-electron chi connectivity index (χ1n) is 10.4. The van der Waals surface area contributed by atoms with Gasteiger partial charge in [-0.3, -0.25) is 9.59 Å². The molecule has 1 aliphatic rings. The molecule has 1 aromatic heterocycles. The Morgan fingerprint density at radius 2 is 2.03 bits per heavy atom. The minimum Gasteiger partial charge on any atom is -0.481 e. The van der Waals surface area contributed by atoms with Crippen molar-refractivity contribution in [3.05, 3.63) is 53.7 Å². The fourth-order valence-corrected chi connectivity index (χ4v) is 4.15. The highest BCUT2D eigenvalue weighted by molar-refractivity contribution is 5.91. The van der Waals surface area contributed by atoms with Gasteiger partial charge in [0.2, 0.25) is 5.91 Å². The zero-order chi connectivity index (χ0) is 23.3. The summed E-state index contributed by atoms with van der Waals surface area (Å²) in [6.07, 6.45) is -0.0335. The number of carboxylic acids is 1. The van der Waals surface area contributed by atoms with Crippen LogP contribution in [0.2, 0.25) is 0 Å². The lowest BCUT2D eigenvalue weighted by molar-refractivity contribution is -0.274. The highest BCUT2D eigenvalue weighted by atomic mass is 19.4. The van der Waals surface area contributed by atoms with Crippen LogP contribution in [0.5, 0.6) is 5.75 Å². The normalized spacial score (nSPS) is 19.8. The van der Waals surface area contributed by atoms with Crippen LogP contribution in [0.3, 0.4) is 0 Å². The van der Waals surface area contributed by atoms with E-state index in [0.29, 0.717) is 24.2 Å². The van der Waals surface area contributed by atoms with Crippen molar-refractivity contribution in [1.82, 2.24) is 4.98 Å². The number of amides is 1. The zero-order valence-corrected chi connectivity index (χ0v) is 17.6. The Hall–Kier alpha value is -3.10. The predicted molar refractivity (Wildman–Crippen MR) is 111 cm³/mol. The second-order valence-corrected chi connectivity index (χ2v) is 8.15. The van der Waals surface area contributed by atoms with Gasteiger partial charge in [0.1, 0.15) is 11.6 Å². The van der Waals surface area contributed by atoms with Crippen molar-refractivity contribution in [1.29, 1.82) is 0 Å². The summed E-state index contributed by atoms with van der Waals surface area (Å²) in [5.41, 5.74) is 1.34. The van der Waals surface area contributed by atoms with E-state index in [2.05, 4.69) is 22.0 Å². The van der Waals surface area contributed by atoms with Crippen molar-refractivity contribution >= 4 is 17.7 Å². The molecule has 0 bridgehead atoms. The first-order valence-corrected chi connectivity index (χ1v) is 10.4. The third-order valence-electron chi connectivity index (χ3n) is 5.85. The van der Waals surface area contributed by atoms with Gasteiger partial charge in [0.25, 0.3) is 0 Å². The Kier molecular flexibility index (Phi) is 7.37. The third-order valence-corrected chi connectivity index (χ3v) is 5.85. The van der Waals surface area contributed by atoms with E-state index in [9.17, 15) is 27.9 Å². The molecule has 1 fully saturated rings. The summed E-state index contributed by atoms with van der Waals surface area (Å²) in [5, 5.41) is 11.9. The molecule has 0 radical (unpaired) electrons. The molecule has 0 spiro atoms. The summed E-state index contributed by atoms with van der Waals surface area (Å²) < 4.78 is 40.9. The van der Waals surface area contributed by atoms with E-state index >= 15 is 0 Å². The Morgan fingerprint density at radius 3 is 2.69 bits per heavy atom. The topological polar surface area (TPSA) is 88.5 Å². The molecule has 3 rings (SSSR count). The molecule has 1 saturated carbocycles. The molecule has 2 aromatic rings. The number of nitrogens with one attached hydrogen (secondary N) is 1. The summed E-state index contributed by atoms with van der Waals surface area (Å²) in [5.74, 6) is -1.10. The van der Waals surface area contributed by atoms with Gasteiger partial charge in [0.05, 0.1) is 12.3 Å². The maximum absolute atomic E-state index is 12.3. The lowest BCUT2D eigenvalue weighted by Crippen LogP contribution is -2.25. The standard InChI is InChI=1S/C23H25F3N2O4/c1-14(16-5-3-6-17(12-16)22(30)31)18-8-9-20(27-13-18)28-21(29)11-15-4-2-7-19(10-15)32-23(24,25)26/h2,4,7-10,13-14,16-17H,3,5-6,11-12H2,1H3,(H,30,31)(H,27,28,29). The molecule has 1 aliphatic carbocycles. The SMILES string of the molecule is CC(c1ccc(NC(=O)Cc2cccc(OC(F)(F)F)c2)nc1)C1CCCC(C(=O)O)C1. The predicted octanol–water partition coefficient (Wildman–Crippen LogP) is 5.16. The Labute approximate surface area is 183 Å². The number of benzene rings is 1. The number of halogens is 3. The van der Waals surface area contributed by atoms with Crippen molar-refractivity contribution in [2.75, 3.05) is 5.32 Å². The molecule has 0 saturated heterocycles. The highest BCUT2D eigenvalue weighted by Gasteiger charge is 2.31. The molecule has 1 aromatic carbocycles. The van der Waals surface area contributed by atoms with Gasteiger partial charge < -0.3 is 15.2 Å². The van der Waals surface area contributed by atoms with Crippen LogP contribution in [-0.2, 0) is 16.0 Å². The molecule has 6 nitrogen and oxygen atoms in total. The van der Waals surface area contributed by atoms with Crippen LogP contribution in [0.25, 0.3) is 0 Å². The molecule has 9 heteroatoms. The highest BCUT2D eigenvalue weighted by Crippen LogP contribution is 2.38. The number of pyridine rings is 1. The van der Waals surface area contributed by atoms with Crippen LogP contribution in [0.1, 0.15) is 49.7 Å². The van der Waals surface area contributed by atoms with Crippen LogP contribution in [0.4, 0.5) is 19.0 Å². The monoisotopic (exact) mass is 450 g/mol. The van der Waals surface area contributed by atoms with Gasteiger partial charge in [-0.2, -0.15) is 0 Å². The first kappa shape index (κ1) is 23.6. The van der Waals surface area contributed by atoms with Crippen molar-refractivity contribution in [2.24, 2.45) is 11.8 Å². The van der Waals surface area contributed by atoms with Gasteiger partial charge >= 0.3 is 12.3 Å². The molecule has 2 N–H and O–H groups in total. The maximum Gasteiger partial charge on any atom is 0.573 e. The van der Waals surface area contributed by atoms with E-state index in [4.69, 9.17) is 0 Å². The number of aliphatic carboxylic acids is 1. The summed E-state index contributed by atoms with van der Waals surface area (Å²) in [6, 6.07) is 8.79. The number of hydrogen-bond acceptors (Lipinski definition) is 4. The van der Waals surface area contributed by atoms with Crippen molar-refractivity contribution in [3.63, 3.8) is 0 Å². The van der Waals surface area contributed by atoms with Crippen LogP contribution >= 0.6 is 0 Å². The molecule has 32 heavy (non-hydrogen) atoms. The quantitative estimate of drug-likeness (QED) is 0.609. The number of carboxylic acid groups (broad SMARTS) is 1. The van der Waals surface area contributed by atoms with E-state index in [-0.39, 0.29) is 29.9 Å². The number of aromatic nitrogens is 1. The molecule has 3 unspecified atom stereocenters. The average molecular weight is 450 g/mol. The fraction of sp³-hybridized carbons (Fsp3) is 0.435. The van der Waals surface area contributed by atoms with Gasteiger partial charge in [0.15, 0.2) is 0 Å². The fourth-order valence-electron chi connectivity index (χ4n) is 4.15. The van der Waals surface area contributed by atoms with Crippen LogP contribution in [-0.4, -0.2) is 28.3 Å². The summed E-state index contributed by atoms with van der Waals surface area (Å²) >= 11 is 0. The minimum atomic E-state index is -4.80. The van der Waals surface area contributed by atoms with Crippen LogP contribution < -0.4 is 10.1 Å². The van der Waals surface area contributed by atoms with E-state index < -0.39 is 18.2 Å². The van der Waals surface area contributed by atoms with E-state index in [1.54, 1.807) is 12.3 Å². The Morgan fingerprint density at radius 1 is 1.25 bits per heavy atom. The van der Waals surface area contributed by atoms with Gasteiger partial charge in [0, 0.05) is 6.20 Å². The Bertz CT molecular complexity index is 947. The molecule has 1 amide bonds. The van der Waals surface area contributed by atoms with Crippen molar-refractivity contribution < 1.29 is 32.6 Å². The molecule has 0 aliphatic heterocycles. The van der Waals surface area contributed by atoms with Crippen molar-refractivity contribution in [2.45, 2.75) is 51.3 Å². The van der Waals surface area contributed by atoms with Gasteiger partial charge in [-0.25, -0.2) is 4.98 Å². The van der Waals surface area contributed by atoms with E-state index in [1.807, 2.05) is 6.07 Å². The number of carbonyl (C=O) groups excluding carboxylic acids is 1. The molecule has 172 valence electrons. The van der Waals surface area contributed by atoms with E-state index in [1.165, 1.54) is 24.3 Å². The van der Waals surface area contributed by atoms with E-state index in [0.717, 1.165) is 18.4 Å². The zero-order valence-electron chi connectivity index (χ0n) is 17.6. The maximum atomic E-state index is 12.3. The van der Waals surface area contributed by atoms with Crippen LogP contribution in [0, 0.1) is 11.8 Å². The number of rotatable bonds is 7. The molecular weight excluding hydrogens is 425 g/mol. The minimum absolute atomic E-state index is 0.131. The van der Waals surface area contributed by atoms with Gasteiger partial charge in [-0.1, -0.05) is 31.5 Å². The second-order valence-electron chi connectivity index (χ2n) is 8.15. The largest absolute Gasteiger partial charge is 0.573 e. The first-order chi connectivity index (χ1) is 15.1. The lowest BCUT2D eigenvalue weighted by Gasteiger charge is -2.31. The average Bonchev–Trinajstić information content (AvgIpc) is 2.73. The number of anilines is 1. The molecule has 3 atom stereocenters. The van der Waals surface area contributed by atoms with Gasteiger partial charge in [-0.05, 0) is 60.4 Å². The Balaban J connectivity index is 1.57. The second kappa shape index (κ2) is 10.0. The lowest BCUT2D eigenvalue weighted by atomic mass is 9.74. The van der Waals surface area contributed by atoms with Crippen LogP contribution in [0.15, 0.2) is 42.6 Å². The smallest absolute Gasteiger partial charge is 0.481 e. The number of nitrogens with zero attached hydrogens (tertiary/aromatic N) is 1. The third kappa shape index (κ3) is 6.70. The summed E-state index contributed by atoms with van der Waals surface area (Å²) in [6.45, 7) is 2.06. The number of ether oxygens (including phenoxy) is 1. The van der Waals surface area contributed by atoms with Gasteiger partial charge in [-0.15, -0.1) is 13.2 Å². The number of alkyl halides is 3.